The van der Waals surface area contributed by atoms with Crippen LogP contribution in [0.2, 0.25) is 0 Å². The first-order chi connectivity index (χ1) is 10.6. The maximum absolute atomic E-state index is 12.1. The molecule has 1 aromatic carbocycles. The molecule has 1 amide bonds. The van der Waals surface area contributed by atoms with Crippen molar-refractivity contribution in [2.75, 3.05) is 26.2 Å². The lowest BCUT2D eigenvalue weighted by molar-refractivity contribution is 0.0945. The number of piperidine rings is 1. The van der Waals surface area contributed by atoms with E-state index in [1.165, 1.54) is 12.8 Å². The Balaban J connectivity index is 0.00000264. The Morgan fingerprint density at radius 3 is 2.70 bits per heavy atom. The number of benzene rings is 1. The van der Waals surface area contributed by atoms with E-state index in [1.54, 1.807) is 0 Å². The molecule has 1 unspecified atom stereocenters. The summed E-state index contributed by atoms with van der Waals surface area (Å²) in [5.41, 5.74) is 0.694. The highest BCUT2D eigenvalue weighted by atomic mass is 35.5. The summed E-state index contributed by atoms with van der Waals surface area (Å²) in [6, 6.07) is 7.41. The number of nitrogens with one attached hydrogen (secondary N) is 2. The maximum Gasteiger partial charge on any atom is 0.251 e. The molecular formula is C18H29ClN2O2. The van der Waals surface area contributed by atoms with Gasteiger partial charge in [-0.05, 0) is 68.5 Å². The van der Waals surface area contributed by atoms with E-state index >= 15 is 0 Å². The van der Waals surface area contributed by atoms with Crippen molar-refractivity contribution >= 4 is 18.3 Å². The van der Waals surface area contributed by atoms with Crippen LogP contribution in [0.15, 0.2) is 24.3 Å². The zero-order chi connectivity index (χ0) is 15.8. The minimum atomic E-state index is -0.000645. The fraction of sp³-hybridized carbons (Fsp3) is 0.611. The van der Waals surface area contributed by atoms with Crippen molar-refractivity contribution in [3.63, 3.8) is 0 Å². The summed E-state index contributed by atoms with van der Waals surface area (Å²) in [5, 5.41) is 6.39. The molecule has 5 heteroatoms. The van der Waals surface area contributed by atoms with E-state index in [0.29, 0.717) is 17.4 Å². The molecule has 0 bridgehead atoms. The molecule has 0 radical (unpaired) electrons. The number of carbonyl (C=O) groups is 1. The van der Waals surface area contributed by atoms with Gasteiger partial charge in [-0.25, -0.2) is 0 Å². The van der Waals surface area contributed by atoms with Gasteiger partial charge in [-0.1, -0.05) is 13.8 Å². The van der Waals surface area contributed by atoms with Gasteiger partial charge in [0, 0.05) is 12.1 Å². The van der Waals surface area contributed by atoms with Gasteiger partial charge >= 0.3 is 0 Å². The van der Waals surface area contributed by atoms with E-state index in [4.69, 9.17) is 4.74 Å². The Hall–Kier alpha value is -1.26. The second kappa shape index (κ2) is 10.5. The zero-order valence-corrected chi connectivity index (χ0v) is 15.0. The first kappa shape index (κ1) is 19.8. The maximum atomic E-state index is 12.1. The summed E-state index contributed by atoms with van der Waals surface area (Å²) in [6.45, 7) is 7.93. The highest BCUT2D eigenvalue weighted by Gasteiger charge is 2.14. The van der Waals surface area contributed by atoms with E-state index < -0.39 is 0 Å². The van der Waals surface area contributed by atoms with Gasteiger partial charge in [0.05, 0.1) is 6.61 Å². The highest BCUT2D eigenvalue weighted by molar-refractivity contribution is 5.94. The van der Waals surface area contributed by atoms with Crippen LogP contribution in [0.4, 0.5) is 0 Å². The molecule has 0 aliphatic carbocycles. The van der Waals surface area contributed by atoms with Gasteiger partial charge in [0.1, 0.15) is 5.75 Å². The summed E-state index contributed by atoms with van der Waals surface area (Å²) in [5.74, 6) is 2.02. The Bertz CT molecular complexity index is 457. The molecule has 1 aliphatic heterocycles. The van der Waals surface area contributed by atoms with Gasteiger partial charge in [-0.15, -0.1) is 12.4 Å². The van der Waals surface area contributed by atoms with Crippen molar-refractivity contribution in [3.8, 4) is 5.75 Å². The highest BCUT2D eigenvalue weighted by Crippen LogP contribution is 2.14. The molecule has 0 aromatic heterocycles. The van der Waals surface area contributed by atoms with Crippen LogP contribution in [-0.2, 0) is 0 Å². The number of hydrogen-bond donors (Lipinski definition) is 2. The van der Waals surface area contributed by atoms with Crippen molar-refractivity contribution in [1.82, 2.24) is 10.6 Å². The smallest absolute Gasteiger partial charge is 0.251 e. The number of amides is 1. The van der Waals surface area contributed by atoms with Crippen molar-refractivity contribution in [2.45, 2.75) is 33.1 Å². The van der Waals surface area contributed by atoms with E-state index in [1.807, 2.05) is 24.3 Å². The van der Waals surface area contributed by atoms with Crippen molar-refractivity contribution in [2.24, 2.45) is 11.8 Å². The Morgan fingerprint density at radius 1 is 1.35 bits per heavy atom. The molecular weight excluding hydrogens is 312 g/mol. The molecule has 23 heavy (non-hydrogen) atoms. The van der Waals surface area contributed by atoms with E-state index in [0.717, 1.165) is 38.4 Å². The van der Waals surface area contributed by atoms with E-state index in [-0.39, 0.29) is 18.3 Å². The quantitative estimate of drug-likeness (QED) is 0.801. The van der Waals surface area contributed by atoms with Crippen molar-refractivity contribution in [1.29, 1.82) is 0 Å². The monoisotopic (exact) mass is 340 g/mol. The summed E-state index contributed by atoms with van der Waals surface area (Å²) in [6.07, 6.45) is 3.43. The molecule has 130 valence electrons. The second-order valence-electron chi connectivity index (χ2n) is 6.48. The van der Waals surface area contributed by atoms with Gasteiger partial charge in [0.2, 0.25) is 0 Å². The topological polar surface area (TPSA) is 50.4 Å². The minimum absolute atomic E-state index is 0. The number of hydrogen-bond acceptors (Lipinski definition) is 3. The minimum Gasteiger partial charge on any atom is -0.494 e. The molecule has 1 aromatic rings. The van der Waals surface area contributed by atoms with Crippen LogP contribution in [0.25, 0.3) is 0 Å². The second-order valence-corrected chi connectivity index (χ2v) is 6.48. The Morgan fingerprint density at radius 2 is 2.09 bits per heavy atom. The van der Waals surface area contributed by atoms with Crippen LogP contribution >= 0.6 is 12.4 Å². The number of carbonyl (C=O) groups excluding carboxylic acids is 1. The Kier molecular flexibility index (Phi) is 9.03. The fourth-order valence-corrected chi connectivity index (χ4v) is 2.55. The number of rotatable bonds is 7. The molecule has 0 saturated carbocycles. The number of ether oxygens (including phenoxy) is 1. The van der Waals surface area contributed by atoms with Crippen molar-refractivity contribution in [3.05, 3.63) is 29.8 Å². The Labute approximate surface area is 145 Å². The summed E-state index contributed by atoms with van der Waals surface area (Å²) < 4.78 is 5.67. The standard InChI is InChI=1S/C18H28N2O2.ClH/c1-14(2)9-11-22-17-7-5-16(6-8-17)18(21)20-13-15-4-3-10-19-12-15;/h5-8,14-15,19H,3-4,9-13H2,1-2H3,(H,20,21);1H. The van der Waals surface area contributed by atoms with E-state index in [2.05, 4.69) is 24.5 Å². The molecule has 2 rings (SSSR count). The molecule has 2 N–H and O–H groups in total. The molecule has 1 fully saturated rings. The lowest BCUT2D eigenvalue weighted by Crippen LogP contribution is -2.38. The summed E-state index contributed by atoms with van der Waals surface area (Å²) in [4.78, 5) is 12.1. The third-order valence-electron chi connectivity index (χ3n) is 4.03. The fourth-order valence-electron chi connectivity index (χ4n) is 2.55. The zero-order valence-electron chi connectivity index (χ0n) is 14.1. The van der Waals surface area contributed by atoms with Gasteiger partial charge in [-0.2, -0.15) is 0 Å². The first-order valence-electron chi connectivity index (χ1n) is 8.37. The molecule has 1 aliphatic rings. The lowest BCUT2D eigenvalue weighted by Gasteiger charge is -2.22. The van der Waals surface area contributed by atoms with Gasteiger partial charge in [0.25, 0.3) is 5.91 Å². The average Bonchev–Trinajstić information content (AvgIpc) is 2.54. The molecule has 1 saturated heterocycles. The molecule has 1 heterocycles. The largest absolute Gasteiger partial charge is 0.494 e. The van der Waals surface area contributed by atoms with Crippen LogP contribution in [0, 0.1) is 11.8 Å². The van der Waals surface area contributed by atoms with Crippen LogP contribution < -0.4 is 15.4 Å². The summed E-state index contributed by atoms with van der Waals surface area (Å²) >= 11 is 0. The first-order valence-corrected chi connectivity index (χ1v) is 8.37. The van der Waals surface area contributed by atoms with E-state index in [9.17, 15) is 4.79 Å². The third-order valence-corrected chi connectivity index (χ3v) is 4.03. The normalized spacial score (nSPS) is 17.4. The van der Waals surface area contributed by atoms with Gasteiger partial charge < -0.3 is 15.4 Å². The lowest BCUT2D eigenvalue weighted by atomic mass is 10.00. The number of halogens is 1. The van der Waals surface area contributed by atoms with Crippen LogP contribution in [0.5, 0.6) is 5.75 Å². The third kappa shape index (κ3) is 7.23. The predicted octanol–water partition coefficient (Wildman–Crippen LogP) is 3.26. The molecule has 1 atom stereocenters. The molecule has 4 nitrogen and oxygen atoms in total. The SMILES string of the molecule is CC(C)CCOc1ccc(C(=O)NCC2CCCNC2)cc1.Cl. The predicted molar refractivity (Wildman–Crippen MR) is 96.6 cm³/mol. The van der Waals surface area contributed by atoms with Crippen LogP contribution in [0.3, 0.4) is 0 Å². The summed E-state index contributed by atoms with van der Waals surface area (Å²) in [7, 11) is 0. The van der Waals surface area contributed by atoms with Gasteiger partial charge in [-0.3, -0.25) is 4.79 Å². The average molecular weight is 341 g/mol. The molecule has 0 spiro atoms. The van der Waals surface area contributed by atoms with Crippen molar-refractivity contribution < 1.29 is 9.53 Å². The van der Waals surface area contributed by atoms with Crippen LogP contribution in [-0.4, -0.2) is 32.1 Å². The van der Waals surface area contributed by atoms with Crippen LogP contribution in [0.1, 0.15) is 43.5 Å². The van der Waals surface area contributed by atoms with Gasteiger partial charge in [0.15, 0.2) is 0 Å².